The van der Waals surface area contributed by atoms with E-state index >= 15 is 0 Å². The Kier molecular flexibility index (Phi) is 2.79. The summed E-state index contributed by atoms with van der Waals surface area (Å²) >= 11 is 5.18. The number of nitrogens with zero attached hydrogens (tertiary/aromatic N) is 3. The summed E-state index contributed by atoms with van der Waals surface area (Å²) < 4.78 is 3.83. The predicted octanol–water partition coefficient (Wildman–Crippen LogP) is 1.84. The number of hydrogen-bond acceptors (Lipinski definition) is 3. The van der Waals surface area contributed by atoms with Crippen LogP contribution in [0.2, 0.25) is 0 Å². The summed E-state index contributed by atoms with van der Waals surface area (Å²) in [5.41, 5.74) is 2.19. The summed E-state index contributed by atoms with van der Waals surface area (Å²) in [6.45, 7) is 0.472. The molecule has 2 aromatic heterocycles. The highest BCUT2D eigenvalue weighted by Gasteiger charge is 2.10. The summed E-state index contributed by atoms with van der Waals surface area (Å²) in [6, 6.07) is 9.79. The molecule has 3 rings (SSSR count). The molecule has 0 spiro atoms. The minimum absolute atomic E-state index is 0.236. The van der Waals surface area contributed by atoms with Crippen LogP contribution in [-0.2, 0) is 13.6 Å². The number of fused-ring (bicyclic) bond motifs is 1. The summed E-state index contributed by atoms with van der Waals surface area (Å²) in [6.07, 6.45) is 1.66. The molecule has 1 N–H and O–H groups in total. The van der Waals surface area contributed by atoms with Crippen molar-refractivity contribution in [1.29, 1.82) is 0 Å². The standard InChI is InChI=1S/C13H12N4OS/c1-16-8-14-11-10(16)12(19)15-13(18)17(11)7-9-5-3-2-4-6-9/h2-6,8H,7H2,1H3,(H,15,18,19). The fourth-order valence-corrected chi connectivity index (χ4v) is 2.43. The number of aromatic nitrogens is 4. The zero-order chi connectivity index (χ0) is 13.4. The molecular formula is C13H12N4OS. The molecule has 1 aromatic carbocycles. The Morgan fingerprint density at radius 3 is 2.79 bits per heavy atom. The molecule has 19 heavy (non-hydrogen) atoms. The zero-order valence-electron chi connectivity index (χ0n) is 10.3. The lowest BCUT2D eigenvalue weighted by molar-refractivity contribution is 0.751. The molecule has 0 radical (unpaired) electrons. The van der Waals surface area contributed by atoms with E-state index in [0.29, 0.717) is 16.8 Å². The third-order valence-corrected chi connectivity index (χ3v) is 3.33. The van der Waals surface area contributed by atoms with Crippen molar-refractivity contribution in [2.24, 2.45) is 7.05 Å². The fraction of sp³-hybridized carbons (Fsp3) is 0.154. The molecule has 0 saturated carbocycles. The van der Waals surface area contributed by atoms with Crippen LogP contribution in [0.15, 0.2) is 41.5 Å². The Bertz CT molecular complexity index is 844. The number of benzene rings is 1. The number of aromatic amines is 1. The quantitative estimate of drug-likeness (QED) is 0.724. The van der Waals surface area contributed by atoms with Crippen LogP contribution in [0.25, 0.3) is 11.2 Å². The number of aryl methyl sites for hydroxylation is 1. The second-order valence-corrected chi connectivity index (χ2v) is 4.77. The van der Waals surface area contributed by atoms with E-state index in [4.69, 9.17) is 12.2 Å². The van der Waals surface area contributed by atoms with Crippen molar-refractivity contribution in [3.8, 4) is 0 Å². The topological polar surface area (TPSA) is 55.6 Å². The molecule has 2 heterocycles. The Morgan fingerprint density at radius 2 is 2.05 bits per heavy atom. The van der Waals surface area contributed by atoms with Gasteiger partial charge in [0.25, 0.3) is 0 Å². The normalized spacial score (nSPS) is 11.0. The number of hydrogen-bond donors (Lipinski definition) is 1. The van der Waals surface area contributed by atoms with Crippen LogP contribution in [0.3, 0.4) is 0 Å². The van der Waals surface area contributed by atoms with Crippen molar-refractivity contribution in [3.63, 3.8) is 0 Å². The molecule has 0 saturated heterocycles. The van der Waals surface area contributed by atoms with Crippen molar-refractivity contribution in [1.82, 2.24) is 19.1 Å². The Hall–Kier alpha value is -2.21. The molecule has 0 fully saturated rings. The third-order valence-electron chi connectivity index (χ3n) is 3.04. The molecule has 96 valence electrons. The summed E-state index contributed by atoms with van der Waals surface area (Å²) in [5, 5.41) is 0. The van der Waals surface area contributed by atoms with Gasteiger partial charge in [0.1, 0.15) is 10.2 Å². The van der Waals surface area contributed by atoms with E-state index in [1.807, 2.05) is 41.9 Å². The van der Waals surface area contributed by atoms with E-state index in [-0.39, 0.29) is 5.69 Å². The summed E-state index contributed by atoms with van der Waals surface area (Å²) in [5.74, 6) is 0. The van der Waals surface area contributed by atoms with Crippen LogP contribution >= 0.6 is 12.2 Å². The molecule has 0 aliphatic heterocycles. The van der Waals surface area contributed by atoms with Crippen LogP contribution in [0.5, 0.6) is 0 Å². The van der Waals surface area contributed by atoms with Gasteiger partial charge >= 0.3 is 5.69 Å². The SMILES string of the molecule is Cn1cnc2c1c(=S)[nH]c(=O)n2Cc1ccccc1. The Morgan fingerprint density at radius 1 is 1.32 bits per heavy atom. The zero-order valence-corrected chi connectivity index (χ0v) is 11.1. The van der Waals surface area contributed by atoms with Crippen LogP contribution in [0.1, 0.15) is 5.56 Å². The first-order valence-electron chi connectivity index (χ1n) is 5.85. The van der Waals surface area contributed by atoms with Gasteiger partial charge in [0, 0.05) is 7.05 Å². The van der Waals surface area contributed by atoms with Crippen LogP contribution in [0.4, 0.5) is 0 Å². The van der Waals surface area contributed by atoms with Gasteiger partial charge in [0.2, 0.25) is 0 Å². The first-order valence-corrected chi connectivity index (χ1v) is 6.25. The van der Waals surface area contributed by atoms with Gasteiger partial charge in [-0.3, -0.25) is 9.55 Å². The van der Waals surface area contributed by atoms with Crippen LogP contribution in [0, 0.1) is 4.64 Å². The lowest BCUT2D eigenvalue weighted by atomic mass is 10.2. The van der Waals surface area contributed by atoms with E-state index in [0.717, 1.165) is 11.1 Å². The first kappa shape index (κ1) is 11.9. The lowest BCUT2D eigenvalue weighted by Gasteiger charge is -2.07. The van der Waals surface area contributed by atoms with Gasteiger partial charge in [-0.1, -0.05) is 42.5 Å². The lowest BCUT2D eigenvalue weighted by Crippen LogP contribution is -2.24. The average molecular weight is 272 g/mol. The van der Waals surface area contributed by atoms with E-state index < -0.39 is 0 Å². The van der Waals surface area contributed by atoms with Crippen molar-refractivity contribution < 1.29 is 0 Å². The minimum atomic E-state index is -0.236. The van der Waals surface area contributed by atoms with E-state index in [9.17, 15) is 4.79 Å². The maximum atomic E-state index is 12.1. The van der Waals surface area contributed by atoms with E-state index in [1.54, 1.807) is 10.9 Å². The maximum absolute atomic E-state index is 12.1. The van der Waals surface area contributed by atoms with E-state index in [1.165, 1.54) is 0 Å². The van der Waals surface area contributed by atoms with Gasteiger partial charge in [0.15, 0.2) is 5.65 Å². The number of nitrogens with one attached hydrogen (secondary N) is 1. The number of H-pyrrole nitrogens is 1. The van der Waals surface area contributed by atoms with Gasteiger partial charge in [-0.05, 0) is 5.56 Å². The van der Waals surface area contributed by atoms with Crippen LogP contribution < -0.4 is 5.69 Å². The largest absolute Gasteiger partial charge is 0.330 e. The Labute approximate surface area is 114 Å². The molecular weight excluding hydrogens is 260 g/mol. The monoisotopic (exact) mass is 272 g/mol. The van der Waals surface area contributed by atoms with Crippen molar-refractivity contribution in [2.45, 2.75) is 6.54 Å². The van der Waals surface area contributed by atoms with Gasteiger partial charge in [0.05, 0.1) is 12.9 Å². The van der Waals surface area contributed by atoms with Crippen LogP contribution in [-0.4, -0.2) is 19.1 Å². The molecule has 0 aliphatic carbocycles. The number of imidazole rings is 1. The van der Waals surface area contributed by atoms with Crippen molar-refractivity contribution in [3.05, 3.63) is 57.3 Å². The smallest absolute Gasteiger partial charge is 0.328 e. The van der Waals surface area contributed by atoms with E-state index in [2.05, 4.69) is 9.97 Å². The van der Waals surface area contributed by atoms with Crippen molar-refractivity contribution in [2.75, 3.05) is 0 Å². The molecule has 3 aromatic rings. The van der Waals surface area contributed by atoms with Crippen molar-refractivity contribution >= 4 is 23.4 Å². The van der Waals surface area contributed by atoms with Gasteiger partial charge in [-0.25, -0.2) is 9.78 Å². The fourth-order valence-electron chi connectivity index (χ4n) is 2.11. The molecule has 5 nitrogen and oxygen atoms in total. The number of rotatable bonds is 2. The highest BCUT2D eigenvalue weighted by Crippen LogP contribution is 2.11. The second kappa shape index (κ2) is 4.47. The predicted molar refractivity (Wildman–Crippen MR) is 75.7 cm³/mol. The third kappa shape index (κ3) is 2.00. The molecule has 0 atom stereocenters. The first-order chi connectivity index (χ1) is 9.16. The minimum Gasteiger partial charge on any atom is -0.330 e. The molecule has 0 bridgehead atoms. The summed E-state index contributed by atoms with van der Waals surface area (Å²) in [7, 11) is 1.86. The van der Waals surface area contributed by atoms with Gasteiger partial charge in [-0.2, -0.15) is 0 Å². The van der Waals surface area contributed by atoms with Gasteiger partial charge < -0.3 is 4.57 Å². The summed E-state index contributed by atoms with van der Waals surface area (Å²) in [4.78, 5) is 19.0. The molecule has 0 unspecified atom stereocenters. The molecule has 6 heteroatoms. The Balaban J connectivity index is 2.24. The molecule has 0 aliphatic rings. The average Bonchev–Trinajstić information content (AvgIpc) is 2.78. The highest BCUT2D eigenvalue weighted by molar-refractivity contribution is 7.71. The second-order valence-electron chi connectivity index (χ2n) is 4.36. The van der Waals surface area contributed by atoms with Gasteiger partial charge in [-0.15, -0.1) is 0 Å². The highest BCUT2D eigenvalue weighted by atomic mass is 32.1. The molecule has 0 amide bonds. The maximum Gasteiger partial charge on any atom is 0.328 e.